The number of ether oxygens (including phenoxy) is 1. The number of aryl methyl sites for hydroxylation is 1. The van der Waals surface area contributed by atoms with Crippen molar-refractivity contribution in [3.05, 3.63) is 71.9 Å². The molecule has 4 heteroatoms. The van der Waals surface area contributed by atoms with Crippen molar-refractivity contribution in [1.29, 1.82) is 0 Å². The third-order valence-electron chi connectivity index (χ3n) is 3.78. The average molecular weight is 322 g/mol. The minimum Gasteiger partial charge on any atom is -0.494 e. The molecule has 3 rings (SSSR count). The third-order valence-corrected chi connectivity index (χ3v) is 3.78. The summed E-state index contributed by atoms with van der Waals surface area (Å²) < 4.78 is 11.2. The molecule has 4 nitrogen and oxygen atoms in total. The molecule has 24 heavy (non-hydrogen) atoms. The van der Waals surface area contributed by atoms with Crippen LogP contribution in [0.1, 0.15) is 17.7 Å². The Morgan fingerprint density at radius 1 is 1.04 bits per heavy atom. The van der Waals surface area contributed by atoms with Gasteiger partial charge < -0.3 is 14.6 Å². The summed E-state index contributed by atoms with van der Waals surface area (Å²) in [4.78, 5) is 0. The zero-order valence-electron chi connectivity index (χ0n) is 13.9. The van der Waals surface area contributed by atoms with Gasteiger partial charge in [0.25, 0.3) is 0 Å². The smallest absolute Gasteiger partial charge is 0.167 e. The quantitative estimate of drug-likeness (QED) is 0.635. The summed E-state index contributed by atoms with van der Waals surface area (Å²) in [6, 6.07) is 20.4. The highest BCUT2D eigenvalue weighted by Crippen LogP contribution is 2.23. The van der Waals surface area contributed by atoms with Crippen LogP contribution in [-0.4, -0.2) is 18.8 Å². The van der Waals surface area contributed by atoms with Crippen molar-refractivity contribution < 1.29 is 9.26 Å². The van der Waals surface area contributed by atoms with Gasteiger partial charge in [0.1, 0.15) is 5.75 Å². The molecule has 0 unspecified atom stereocenters. The van der Waals surface area contributed by atoms with Crippen LogP contribution in [0.3, 0.4) is 0 Å². The van der Waals surface area contributed by atoms with Gasteiger partial charge in [-0.1, -0.05) is 35.5 Å². The summed E-state index contributed by atoms with van der Waals surface area (Å²) in [7, 11) is 1.89. The summed E-state index contributed by atoms with van der Waals surface area (Å²) in [6.45, 7) is 1.41. The summed E-state index contributed by atoms with van der Waals surface area (Å²) in [6.07, 6.45) is 2.03. The van der Waals surface area contributed by atoms with E-state index in [1.165, 1.54) is 5.56 Å². The third kappa shape index (κ3) is 4.46. The molecule has 1 heterocycles. The van der Waals surface area contributed by atoms with Gasteiger partial charge in [-0.25, -0.2) is 0 Å². The molecule has 124 valence electrons. The van der Waals surface area contributed by atoms with Crippen molar-refractivity contribution in [2.24, 2.45) is 0 Å². The Bertz CT molecular complexity index is 736. The average Bonchev–Trinajstić information content (AvgIpc) is 3.09. The molecule has 0 amide bonds. The van der Waals surface area contributed by atoms with Gasteiger partial charge in [0.2, 0.25) is 0 Å². The molecule has 3 aromatic rings. The maximum absolute atomic E-state index is 5.81. The van der Waals surface area contributed by atoms with Crippen LogP contribution in [0.15, 0.2) is 65.2 Å². The van der Waals surface area contributed by atoms with E-state index in [4.69, 9.17) is 9.26 Å². The fourth-order valence-electron chi connectivity index (χ4n) is 2.54. The number of hydrogen-bond donors (Lipinski definition) is 1. The van der Waals surface area contributed by atoms with Crippen molar-refractivity contribution in [3.8, 4) is 17.1 Å². The molecule has 0 bridgehead atoms. The molecule has 0 fully saturated rings. The van der Waals surface area contributed by atoms with Gasteiger partial charge in [-0.15, -0.1) is 0 Å². The van der Waals surface area contributed by atoms with Gasteiger partial charge in [0, 0.05) is 18.2 Å². The lowest BCUT2D eigenvalue weighted by molar-refractivity contribution is 0.311. The van der Waals surface area contributed by atoms with Crippen LogP contribution in [0, 0.1) is 0 Å². The van der Waals surface area contributed by atoms with Crippen LogP contribution in [0.25, 0.3) is 11.3 Å². The Morgan fingerprint density at radius 3 is 2.58 bits per heavy atom. The maximum atomic E-state index is 5.81. The Kier molecular flexibility index (Phi) is 5.64. The van der Waals surface area contributed by atoms with E-state index in [0.29, 0.717) is 13.2 Å². The lowest BCUT2D eigenvalue weighted by Gasteiger charge is -2.06. The predicted molar refractivity (Wildman–Crippen MR) is 95.0 cm³/mol. The second-order valence-electron chi connectivity index (χ2n) is 5.67. The molecule has 0 radical (unpaired) electrons. The first kappa shape index (κ1) is 16.3. The van der Waals surface area contributed by atoms with Crippen LogP contribution in [0.2, 0.25) is 0 Å². The number of nitrogens with zero attached hydrogens (tertiary/aromatic N) is 1. The number of rotatable bonds is 8. The van der Waals surface area contributed by atoms with Crippen molar-refractivity contribution in [2.75, 3.05) is 13.7 Å². The lowest BCUT2D eigenvalue weighted by atomic mass is 10.1. The number of nitrogens with one attached hydrogen (secondary N) is 1. The monoisotopic (exact) mass is 322 g/mol. The normalized spacial score (nSPS) is 10.7. The summed E-state index contributed by atoms with van der Waals surface area (Å²) >= 11 is 0. The van der Waals surface area contributed by atoms with Crippen LogP contribution in [0.4, 0.5) is 0 Å². The van der Waals surface area contributed by atoms with Crippen molar-refractivity contribution in [2.45, 2.75) is 19.4 Å². The van der Waals surface area contributed by atoms with Crippen molar-refractivity contribution >= 4 is 0 Å². The number of hydrogen-bond acceptors (Lipinski definition) is 4. The Hall–Kier alpha value is -2.59. The Balaban J connectivity index is 1.49. The highest BCUT2D eigenvalue weighted by molar-refractivity contribution is 5.58. The largest absolute Gasteiger partial charge is 0.494 e. The molecular weight excluding hydrogens is 300 g/mol. The zero-order valence-corrected chi connectivity index (χ0v) is 13.9. The van der Waals surface area contributed by atoms with Crippen LogP contribution < -0.4 is 10.1 Å². The Labute approximate surface area is 142 Å². The van der Waals surface area contributed by atoms with Gasteiger partial charge >= 0.3 is 0 Å². The minimum absolute atomic E-state index is 0.701. The van der Waals surface area contributed by atoms with Crippen molar-refractivity contribution in [3.63, 3.8) is 0 Å². The number of aromatic nitrogens is 1. The molecular formula is C20H22N2O2. The molecule has 0 saturated heterocycles. The first-order valence-electron chi connectivity index (χ1n) is 8.22. The lowest BCUT2D eigenvalue weighted by Crippen LogP contribution is -2.04. The molecule has 0 aliphatic rings. The first-order chi connectivity index (χ1) is 11.8. The minimum atomic E-state index is 0.701. The second-order valence-corrected chi connectivity index (χ2v) is 5.67. The molecule has 0 saturated carbocycles. The topological polar surface area (TPSA) is 47.3 Å². The SMILES string of the molecule is CNCc1cc(-c2ccc(OCCCc3ccccc3)cc2)on1. The highest BCUT2D eigenvalue weighted by atomic mass is 16.5. The molecule has 0 atom stereocenters. The van der Waals surface area contributed by atoms with Gasteiger partial charge in [-0.3, -0.25) is 0 Å². The fraction of sp³-hybridized carbons (Fsp3) is 0.250. The van der Waals surface area contributed by atoms with E-state index in [9.17, 15) is 0 Å². The highest BCUT2D eigenvalue weighted by Gasteiger charge is 2.06. The van der Waals surface area contributed by atoms with Gasteiger partial charge in [0.15, 0.2) is 5.76 Å². The predicted octanol–water partition coefficient (Wildman–Crippen LogP) is 4.07. The fourth-order valence-corrected chi connectivity index (χ4v) is 2.54. The standard InChI is InChI=1S/C20H22N2O2/c1-21-15-18-14-20(24-22-18)17-9-11-19(12-10-17)23-13-5-8-16-6-3-2-4-7-16/h2-4,6-7,9-12,14,21H,5,8,13,15H2,1H3. The van der Waals surface area contributed by atoms with E-state index < -0.39 is 0 Å². The van der Waals surface area contributed by atoms with Gasteiger partial charge in [-0.2, -0.15) is 0 Å². The molecule has 1 aromatic heterocycles. The zero-order chi connectivity index (χ0) is 16.6. The van der Waals surface area contributed by atoms with E-state index >= 15 is 0 Å². The summed E-state index contributed by atoms with van der Waals surface area (Å²) in [5.41, 5.74) is 3.24. The van der Waals surface area contributed by atoms with Crippen molar-refractivity contribution in [1.82, 2.24) is 10.5 Å². The van der Waals surface area contributed by atoms with E-state index in [0.717, 1.165) is 35.6 Å². The first-order valence-corrected chi connectivity index (χ1v) is 8.22. The van der Waals surface area contributed by atoms with E-state index in [-0.39, 0.29) is 0 Å². The van der Waals surface area contributed by atoms with Gasteiger partial charge in [0.05, 0.1) is 12.3 Å². The maximum Gasteiger partial charge on any atom is 0.167 e. The van der Waals surface area contributed by atoms with Crippen LogP contribution >= 0.6 is 0 Å². The second kappa shape index (κ2) is 8.31. The Morgan fingerprint density at radius 2 is 1.83 bits per heavy atom. The molecule has 2 aromatic carbocycles. The molecule has 0 aliphatic heterocycles. The van der Waals surface area contributed by atoms with E-state index in [1.807, 2.05) is 43.4 Å². The van der Waals surface area contributed by atoms with Gasteiger partial charge in [-0.05, 0) is 49.7 Å². The van der Waals surface area contributed by atoms with Crippen LogP contribution in [-0.2, 0) is 13.0 Å². The van der Waals surface area contributed by atoms with E-state index in [2.05, 4.69) is 34.7 Å². The molecule has 1 N–H and O–H groups in total. The molecule has 0 spiro atoms. The number of benzene rings is 2. The van der Waals surface area contributed by atoms with E-state index in [1.54, 1.807) is 0 Å². The molecule has 0 aliphatic carbocycles. The summed E-state index contributed by atoms with van der Waals surface area (Å²) in [5, 5.41) is 7.08. The summed E-state index contributed by atoms with van der Waals surface area (Å²) in [5.74, 6) is 1.65. The van der Waals surface area contributed by atoms with Crippen LogP contribution in [0.5, 0.6) is 5.75 Å².